The molecule has 1 fully saturated rings. The maximum Gasteiger partial charge on any atom is 0.407 e. The lowest BCUT2D eigenvalue weighted by Crippen LogP contribution is -2.49. The highest BCUT2D eigenvalue weighted by molar-refractivity contribution is 5.83. The summed E-state index contributed by atoms with van der Waals surface area (Å²) in [5, 5.41) is 15.0. The number of aliphatic carboxylic acids is 1. The Morgan fingerprint density at radius 3 is 2.24 bits per heavy atom. The second-order valence-corrected chi connectivity index (χ2v) is 9.94. The van der Waals surface area contributed by atoms with E-state index in [0.717, 1.165) is 35.1 Å². The number of carboxylic acid groups (broad SMARTS) is 1. The second-order valence-electron chi connectivity index (χ2n) is 9.94. The van der Waals surface area contributed by atoms with Gasteiger partial charge >= 0.3 is 12.1 Å². The number of alkyl carbamates (subject to hydrolysis) is 1. The first-order valence-electron chi connectivity index (χ1n) is 11.9. The molecule has 2 aliphatic rings. The Labute approximate surface area is 199 Å². The molecule has 0 heterocycles. The molecule has 3 N–H and O–H groups in total. The highest BCUT2D eigenvalue weighted by Gasteiger charge is 2.34. The van der Waals surface area contributed by atoms with Gasteiger partial charge in [-0.2, -0.15) is 0 Å². The van der Waals surface area contributed by atoms with Gasteiger partial charge in [0, 0.05) is 18.5 Å². The van der Waals surface area contributed by atoms with Crippen molar-refractivity contribution in [1.29, 1.82) is 0 Å². The van der Waals surface area contributed by atoms with E-state index in [1.54, 1.807) is 13.8 Å². The SMILES string of the molecule is CC(C)(CNC(=O)OCC1c2ccccc2-c2ccccc21)C(=O)NC1CCCC(C(=O)O)C1. The van der Waals surface area contributed by atoms with Crippen LogP contribution in [0.1, 0.15) is 56.6 Å². The van der Waals surface area contributed by atoms with Crippen LogP contribution in [-0.4, -0.2) is 42.3 Å². The topological polar surface area (TPSA) is 105 Å². The summed E-state index contributed by atoms with van der Waals surface area (Å²) in [5.74, 6) is -1.46. The van der Waals surface area contributed by atoms with E-state index in [9.17, 15) is 19.5 Å². The molecule has 0 saturated heterocycles. The molecule has 0 aliphatic heterocycles. The molecule has 0 spiro atoms. The fourth-order valence-corrected chi connectivity index (χ4v) is 4.95. The molecule has 2 unspecified atom stereocenters. The fraction of sp³-hybridized carbons (Fsp3) is 0.444. The fourth-order valence-electron chi connectivity index (χ4n) is 4.95. The normalized spacial score (nSPS) is 19.6. The van der Waals surface area contributed by atoms with Crippen molar-refractivity contribution in [2.24, 2.45) is 11.3 Å². The summed E-state index contributed by atoms with van der Waals surface area (Å²) in [4.78, 5) is 36.6. The van der Waals surface area contributed by atoms with E-state index in [1.165, 1.54) is 0 Å². The molecule has 0 radical (unpaired) electrons. The minimum Gasteiger partial charge on any atom is -0.481 e. The molecule has 2 atom stereocenters. The summed E-state index contributed by atoms with van der Waals surface area (Å²) in [6, 6.07) is 16.1. The zero-order valence-electron chi connectivity index (χ0n) is 19.7. The summed E-state index contributed by atoms with van der Waals surface area (Å²) < 4.78 is 5.56. The van der Waals surface area contributed by atoms with Crippen LogP contribution in [0.5, 0.6) is 0 Å². The molecule has 34 heavy (non-hydrogen) atoms. The third-order valence-corrected chi connectivity index (χ3v) is 6.99. The Hall–Kier alpha value is -3.35. The molecule has 1 saturated carbocycles. The number of carboxylic acids is 1. The number of benzene rings is 2. The Morgan fingerprint density at radius 1 is 1.00 bits per heavy atom. The zero-order valence-corrected chi connectivity index (χ0v) is 19.7. The molecule has 0 aromatic heterocycles. The summed E-state index contributed by atoms with van der Waals surface area (Å²) in [6.45, 7) is 3.84. The number of amides is 2. The first kappa shape index (κ1) is 23.8. The van der Waals surface area contributed by atoms with Gasteiger partial charge in [0.25, 0.3) is 0 Å². The van der Waals surface area contributed by atoms with Crippen LogP contribution in [0, 0.1) is 11.3 Å². The maximum absolute atomic E-state index is 12.8. The molecule has 2 aromatic carbocycles. The quantitative estimate of drug-likeness (QED) is 0.566. The maximum atomic E-state index is 12.8. The predicted octanol–water partition coefficient (Wildman–Crippen LogP) is 4.31. The van der Waals surface area contributed by atoms with Crippen LogP contribution in [-0.2, 0) is 14.3 Å². The highest BCUT2D eigenvalue weighted by Crippen LogP contribution is 2.44. The molecule has 2 aliphatic carbocycles. The lowest BCUT2D eigenvalue weighted by atomic mass is 9.84. The van der Waals surface area contributed by atoms with Crippen molar-refractivity contribution in [2.75, 3.05) is 13.2 Å². The van der Waals surface area contributed by atoms with Gasteiger partial charge < -0.3 is 20.5 Å². The third kappa shape index (κ3) is 5.08. The lowest BCUT2D eigenvalue weighted by Gasteiger charge is -2.31. The number of hydrogen-bond acceptors (Lipinski definition) is 4. The van der Waals surface area contributed by atoms with Crippen LogP contribution in [0.15, 0.2) is 48.5 Å². The lowest BCUT2D eigenvalue weighted by molar-refractivity contribution is -0.143. The number of rotatable bonds is 7. The Kier molecular flexibility index (Phi) is 6.91. The van der Waals surface area contributed by atoms with Gasteiger partial charge in [-0.25, -0.2) is 4.79 Å². The van der Waals surface area contributed by atoms with Gasteiger partial charge in [-0.3, -0.25) is 9.59 Å². The highest BCUT2D eigenvalue weighted by atomic mass is 16.5. The number of ether oxygens (including phenoxy) is 1. The van der Waals surface area contributed by atoms with Crippen LogP contribution in [0.2, 0.25) is 0 Å². The Bertz CT molecular complexity index is 1030. The van der Waals surface area contributed by atoms with Crippen LogP contribution < -0.4 is 10.6 Å². The standard InChI is InChI=1S/C27H32N2O5/c1-27(2,25(32)29-18-9-7-8-17(14-18)24(30)31)16-28-26(33)34-15-23-21-12-5-3-10-19(21)20-11-4-6-13-22(20)23/h3-6,10-13,17-18,23H,7-9,14-16H2,1-2H3,(H,28,33)(H,29,32)(H,30,31). The monoisotopic (exact) mass is 464 g/mol. The van der Waals surface area contributed by atoms with Crippen molar-refractivity contribution >= 4 is 18.0 Å². The minimum absolute atomic E-state index is 0.0251. The van der Waals surface area contributed by atoms with Crippen molar-refractivity contribution in [3.63, 3.8) is 0 Å². The van der Waals surface area contributed by atoms with Gasteiger partial charge in [0.2, 0.25) is 5.91 Å². The van der Waals surface area contributed by atoms with E-state index < -0.39 is 23.4 Å². The van der Waals surface area contributed by atoms with E-state index in [2.05, 4.69) is 34.9 Å². The second kappa shape index (κ2) is 9.87. The number of hydrogen-bond donors (Lipinski definition) is 3. The molecule has 0 bridgehead atoms. The van der Waals surface area contributed by atoms with Crippen molar-refractivity contribution in [2.45, 2.75) is 51.5 Å². The van der Waals surface area contributed by atoms with E-state index in [1.807, 2.05) is 24.3 Å². The van der Waals surface area contributed by atoms with E-state index in [-0.39, 0.29) is 31.0 Å². The summed E-state index contributed by atoms with van der Waals surface area (Å²) in [5.41, 5.74) is 3.75. The first-order valence-corrected chi connectivity index (χ1v) is 11.9. The largest absolute Gasteiger partial charge is 0.481 e. The number of carbonyl (C=O) groups excluding carboxylic acids is 2. The molecule has 7 heteroatoms. The Morgan fingerprint density at radius 2 is 1.62 bits per heavy atom. The third-order valence-electron chi connectivity index (χ3n) is 6.99. The van der Waals surface area contributed by atoms with Gasteiger partial charge in [0.15, 0.2) is 0 Å². The van der Waals surface area contributed by atoms with Gasteiger partial charge in [-0.05, 0) is 55.4 Å². The number of nitrogens with one attached hydrogen (secondary N) is 2. The van der Waals surface area contributed by atoms with Crippen molar-refractivity contribution in [1.82, 2.24) is 10.6 Å². The van der Waals surface area contributed by atoms with E-state index in [0.29, 0.717) is 12.8 Å². The minimum atomic E-state index is -0.859. The van der Waals surface area contributed by atoms with Crippen molar-refractivity contribution < 1.29 is 24.2 Å². The van der Waals surface area contributed by atoms with Gasteiger partial charge in [-0.1, -0.05) is 55.0 Å². The Balaban J connectivity index is 1.29. The number of fused-ring (bicyclic) bond motifs is 3. The molecule has 7 nitrogen and oxygen atoms in total. The molecule has 2 amide bonds. The van der Waals surface area contributed by atoms with Gasteiger partial charge in [-0.15, -0.1) is 0 Å². The molecule has 4 rings (SSSR count). The molecule has 180 valence electrons. The number of carbonyl (C=O) groups is 3. The van der Waals surface area contributed by atoms with E-state index in [4.69, 9.17) is 4.74 Å². The van der Waals surface area contributed by atoms with Crippen LogP contribution in [0.25, 0.3) is 11.1 Å². The summed E-state index contributed by atoms with van der Waals surface area (Å²) in [6.07, 6.45) is 2.07. The molecular weight excluding hydrogens is 432 g/mol. The average Bonchev–Trinajstić information content (AvgIpc) is 3.15. The zero-order chi connectivity index (χ0) is 24.3. The van der Waals surface area contributed by atoms with Crippen LogP contribution in [0.4, 0.5) is 4.79 Å². The van der Waals surface area contributed by atoms with Gasteiger partial charge in [0.1, 0.15) is 6.61 Å². The first-order chi connectivity index (χ1) is 16.3. The van der Waals surface area contributed by atoms with Crippen LogP contribution in [0.3, 0.4) is 0 Å². The van der Waals surface area contributed by atoms with Crippen molar-refractivity contribution in [3.8, 4) is 11.1 Å². The van der Waals surface area contributed by atoms with Gasteiger partial charge in [0.05, 0.1) is 11.3 Å². The predicted molar refractivity (Wildman–Crippen MR) is 128 cm³/mol. The summed E-state index contributed by atoms with van der Waals surface area (Å²) in [7, 11) is 0. The smallest absolute Gasteiger partial charge is 0.407 e. The summed E-state index contributed by atoms with van der Waals surface area (Å²) >= 11 is 0. The molecule has 2 aromatic rings. The average molecular weight is 465 g/mol. The van der Waals surface area contributed by atoms with E-state index >= 15 is 0 Å². The molecular formula is C27H32N2O5. The van der Waals surface area contributed by atoms with Crippen LogP contribution >= 0.6 is 0 Å². The van der Waals surface area contributed by atoms with Crippen molar-refractivity contribution in [3.05, 3.63) is 59.7 Å².